The van der Waals surface area contributed by atoms with Gasteiger partial charge in [0.05, 0.1) is 11.6 Å². The first-order valence-corrected chi connectivity index (χ1v) is 4.60. The molecule has 0 spiro atoms. The maximum atomic E-state index is 8.76. The lowest BCUT2D eigenvalue weighted by Gasteiger charge is -2.05. The number of nitriles is 1. The summed E-state index contributed by atoms with van der Waals surface area (Å²) in [5.74, 6) is 0.750. The van der Waals surface area contributed by atoms with Gasteiger partial charge in [0.1, 0.15) is 5.82 Å². The van der Waals surface area contributed by atoms with E-state index in [1.165, 1.54) is 0 Å². The molecule has 0 saturated heterocycles. The number of nitrogens with one attached hydrogen (secondary N) is 1. The SMILES string of the molecule is Cc1cc(C#N)cc(NC2CC2N)n1. The molecule has 3 N–H and O–H groups in total. The van der Waals surface area contributed by atoms with Crippen molar-refractivity contribution in [3.05, 3.63) is 23.4 Å². The third-order valence-corrected chi connectivity index (χ3v) is 2.26. The van der Waals surface area contributed by atoms with E-state index in [-0.39, 0.29) is 6.04 Å². The molecule has 1 aromatic heterocycles. The number of aromatic nitrogens is 1. The van der Waals surface area contributed by atoms with Gasteiger partial charge in [-0.15, -0.1) is 0 Å². The molecule has 1 aliphatic carbocycles. The Labute approximate surface area is 82.8 Å². The zero-order valence-corrected chi connectivity index (χ0v) is 7.99. The summed E-state index contributed by atoms with van der Waals surface area (Å²) in [6, 6.07) is 6.18. The molecule has 1 saturated carbocycles. The number of nitrogens with zero attached hydrogens (tertiary/aromatic N) is 2. The van der Waals surface area contributed by atoms with Crippen LogP contribution >= 0.6 is 0 Å². The summed E-state index contributed by atoms with van der Waals surface area (Å²) in [5.41, 5.74) is 7.15. The third-order valence-electron chi connectivity index (χ3n) is 2.26. The molecule has 2 atom stereocenters. The van der Waals surface area contributed by atoms with Crippen LogP contribution < -0.4 is 11.1 Å². The highest BCUT2D eigenvalue weighted by Gasteiger charge is 2.33. The lowest BCUT2D eigenvalue weighted by Crippen LogP contribution is -2.14. The number of nitrogens with two attached hydrogens (primary N) is 1. The molecule has 2 rings (SSSR count). The highest BCUT2D eigenvalue weighted by atomic mass is 15.1. The van der Waals surface area contributed by atoms with Crippen LogP contribution in [0.15, 0.2) is 12.1 Å². The van der Waals surface area contributed by atoms with Gasteiger partial charge in [-0.25, -0.2) is 4.98 Å². The molecule has 1 fully saturated rings. The van der Waals surface area contributed by atoms with Crippen molar-refractivity contribution >= 4 is 5.82 Å². The first-order chi connectivity index (χ1) is 6.69. The van der Waals surface area contributed by atoms with Crippen molar-refractivity contribution in [2.24, 2.45) is 5.73 Å². The van der Waals surface area contributed by atoms with Gasteiger partial charge in [-0.3, -0.25) is 0 Å². The van der Waals surface area contributed by atoms with Crippen LogP contribution in [0.4, 0.5) is 5.82 Å². The lowest BCUT2D eigenvalue weighted by atomic mass is 10.2. The Morgan fingerprint density at radius 1 is 1.64 bits per heavy atom. The maximum Gasteiger partial charge on any atom is 0.127 e. The average Bonchev–Trinajstić information content (AvgIpc) is 2.80. The number of rotatable bonds is 2. The fourth-order valence-corrected chi connectivity index (χ4v) is 1.38. The van der Waals surface area contributed by atoms with Gasteiger partial charge < -0.3 is 11.1 Å². The molecule has 1 aromatic rings. The van der Waals surface area contributed by atoms with Crippen LogP contribution in [-0.4, -0.2) is 17.1 Å². The van der Waals surface area contributed by atoms with Crippen molar-refractivity contribution in [2.45, 2.75) is 25.4 Å². The fraction of sp³-hybridized carbons (Fsp3) is 0.400. The van der Waals surface area contributed by atoms with E-state index in [0.29, 0.717) is 11.6 Å². The standard InChI is InChI=1S/C10H12N4/c1-6-2-7(5-11)3-10(13-6)14-9-4-8(9)12/h2-3,8-9H,4,12H2,1H3,(H,13,14). The van der Waals surface area contributed by atoms with E-state index in [0.717, 1.165) is 17.9 Å². The Kier molecular flexibility index (Phi) is 2.10. The lowest BCUT2D eigenvalue weighted by molar-refractivity contribution is 0.992. The number of pyridine rings is 1. The van der Waals surface area contributed by atoms with E-state index in [2.05, 4.69) is 16.4 Å². The van der Waals surface area contributed by atoms with Gasteiger partial charge in [-0.1, -0.05) is 0 Å². The Morgan fingerprint density at radius 2 is 2.36 bits per heavy atom. The quantitative estimate of drug-likeness (QED) is 0.719. The molecular weight excluding hydrogens is 176 g/mol. The summed E-state index contributed by atoms with van der Waals surface area (Å²) in [7, 11) is 0. The summed E-state index contributed by atoms with van der Waals surface area (Å²) < 4.78 is 0. The average molecular weight is 188 g/mol. The molecule has 4 nitrogen and oxygen atoms in total. The second kappa shape index (κ2) is 3.28. The van der Waals surface area contributed by atoms with E-state index in [1.54, 1.807) is 12.1 Å². The van der Waals surface area contributed by atoms with Crippen molar-refractivity contribution in [1.82, 2.24) is 4.98 Å². The van der Waals surface area contributed by atoms with Crippen LogP contribution in [0.3, 0.4) is 0 Å². The van der Waals surface area contributed by atoms with Crippen LogP contribution in [0.1, 0.15) is 17.7 Å². The van der Waals surface area contributed by atoms with Gasteiger partial charge in [-0.2, -0.15) is 5.26 Å². The first kappa shape index (κ1) is 8.97. The van der Waals surface area contributed by atoms with Gasteiger partial charge in [0.15, 0.2) is 0 Å². The van der Waals surface area contributed by atoms with Crippen LogP contribution in [0.5, 0.6) is 0 Å². The highest BCUT2D eigenvalue weighted by Crippen LogP contribution is 2.23. The Hall–Kier alpha value is -1.60. The molecule has 0 bridgehead atoms. The van der Waals surface area contributed by atoms with Gasteiger partial charge in [0, 0.05) is 17.8 Å². The predicted molar refractivity (Wildman–Crippen MR) is 53.7 cm³/mol. The summed E-state index contributed by atoms with van der Waals surface area (Å²) in [5, 5.41) is 12.0. The minimum atomic E-state index is 0.239. The van der Waals surface area contributed by atoms with Crippen LogP contribution in [-0.2, 0) is 0 Å². The van der Waals surface area contributed by atoms with Crippen molar-refractivity contribution < 1.29 is 0 Å². The summed E-state index contributed by atoms with van der Waals surface area (Å²) in [4.78, 5) is 4.28. The molecular formula is C10H12N4. The molecule has 72 valence electrons. The van der Waals surface area contributed by atoms with Crippen LogP contribution in [0.25, 0.3) is 0 Å². The molecule has 2 unspecified atom stereocenters. The fourth-order valence-electron chi connectivity index (χ4n) is 1.38. The van der Waals surface area contributed by atoms with Crippen molar-refractivity contribution in [1.29, 1.82) is 5.26 Å². The summed E-state index contributed by atoms with van der Waals surface area (Å²) >= 11 is 0. The predicted octanol–water partition coefficient (Wildman–Crippen LogP) is 0.773. The van der Waals surface area contributed by atoms with E-state index in [1.807, 2.05) is 6.92 Å². The highest BCUT2D eigenvalue weighted by molar-refractivity contribution is 5.46. The molecule has 0 amide bonds. The van der Waals surface area contributed by atoms with E-state index >= 15 is 0 Å². The van der Waals surface area contributed by atoms with Crippen LogP contribution in [0.2, 0.25) is 0 Å². The van der Waals surface area contributed by atoms with Gasteiger partial charge in [0.25, 0.3) is 0 Å². The van der Waals surface area contributed by atoms with Crippen molar-refractivity contribution in [3.8, 4) is 6.07 Å². The Morgan fingerprint density at radius 3 is 2.93 bits per heavy atom. The van der Waals surface area contributed by atoms with Gasteiger partial charge >= 0.3 is 0 Å². The van der Waals surface area contributed by atoms with E-state index in [4.69, 9.17) is 11.0 Å². The molecule has 14 heavy (non-hydrogen) atoms. The molecule has 1 heterocycles. The molecule has 0 aromatic carbocycles. The van der Waals surface area contributed by atoms with Gasteiger partial charge in [0.2, 0.25) is 0 Å². The van der Waals surface area contributed by atoms with Gasteiger partial charge in [-0.05, 0) is 25.5 Å². The zero-order chi connectivity index (χ0) is 10.1. The summed E-state index contributed by atoms with van der Waals surface area (Å²) in [6.45, 7) is 1.87. The minimum absolute atomic E-state index is 0.239. The summed E-state index contributed by atoms with van der Waals surface area (Å²) in [6.07, 6.45) is 0.984. The number of hydrogen-bond acceptors (Lipinski definition) is 4. The minimum Gasteiger partial charge on any atom is -0.366 e. The second-order valence-electron chi connectivity index (χ2n) is 3.64. The van der Waals surface area contributed by atoms with Crippen molar-refractivity contribution in [3.63, 3.8) is 0 Å². The zero-order valence-electron chi connectivity index (χ0n) is 7.99. The number of hydrogen-bond donors (Lipinski definition) is 2. The smallest absolute Gasteiger partial charge is 0.127 e. The normalized spacial score (nSPS) is 24.1. The number of aryl methyl sites for hydroxylation is 1. The Bertz CT molecular complexity index is 394. The molecule has 1 aliphatic rings. The third kappa shape index (κ3) is 1.83. The second-order valence-corrected chi connectivity index (χ2v) is 3.64. The first-order valence-electron chi connectivity index (χ1n) is 4.60. The van der Waals surface area contributed by atoms with E-state index < -0.39 is 0 Å². The monoisotopic (exact) mass is 188 g/mol. The topological polar surface area (TPSA) is 74.7 Å². The maximum absolute atomic E-state index is 8.76. The molecule has 4 heteroatoms. The van der Waals surface area contributed by atoms with Crippen LogP contribution in [0, 0.1) is 18.3 Å². The molecule has 0 radical (unpaired) electrons. The van der Waals surface area contributed by atoms with Crippen molar-refractivity contribution in [2.75, 3.05) is 5.32 Å². The Balaban J connectivity index is 2.17. The van der Waals surface area contributed by atoms with E-state index in [9.17, 15) is 0 Å². The molecule has 0 aliphatic heterocycles. The number of anilines is 1. The largest absolute Gasteiger partial charge is 0.366 e.